The van der Waals surface area contributed by atoms with Crippen molar-refractivity contribution < 1.29 is 9.90 Å². The number of aliphatic hydroxyl groups excluding tert-OH is 1. The molecule has 0 aliphatic heterocycles. The number of carbonyl (C=O) groups excluding carboxylic acids is 1. The molecule has 0 spiro atoms. The Morgan fingerprint density at radius 3 is 1.94 bits per heavy atom. The highest BCUT2D eigenvalue weighted by Crippen LogP contribution is 2.22. The van der Waals surface area contributed by atoms with Gasteiger partial charge in [-0.05, 0) is 16.9 Å². The van der Waals surface area contributed by atoms with E-state index in [1.807, 2.05) is 26.0 Å². The summed E-state index contributed by atoms with van der Waals surface area (Å²) < 4.78 is 0. The van der Waals surface area contributed by atoms with Crippen molar-refractivity contribution in [2.45, 2.75) is 46.1 Å². The largest absolute Gasteiger partial charge is 0.385 e. The van der Waals surface area contributed by atoms with Crippen LogP contribution in [-0.4, -0.2) is 17.0 Å². The van der Waals surface area contributed by atoms with Crippen LogP contribution in [0.3, 0.4) is 0 Å². The van der Waals surface area contributed by atoms with Crippen molar-refractivity contribution in [3.05, 3.63) is 35.4 Å². The number of hydrogen-bond acceptors (Lipinski definition) is 2. The fourth-order valence-electron chi connectivity index (χ4n) is 1.61. The van der Waals surface area contributed by atoms with E-state index in [0.29, 0.717) is 5.56 Å². The molecule has 0 aliphatic carbocycles. The molecule has 0 saturated heterocycles. The maximum absolute atomic E-state index is 11.9. The van der Waals surface area contributed by atoms with Gasteiger partial charge in [0.05, 0.1) is 0 Å². The second-order valence-corrected chi connectivity index (χ2v) is 5.88. The minimum absolute atomic E-state index is 0.0511. The van der Waals surface area contributed by atoms with Crippen LogP contribution in [0, 0.1) is 5.92 Å². The van der Waals surface area contributed by atoms with Gasteiger partial charge in [-0.15, -0.1) is 0 Å². The first-order chi connectivity index (χ1) is 7.73. The van der Waals surface area contributed by atoms with Crippen LogP contribution in [0.25, 0.3) is 0 Å². The molecule has 0 bridgehead atoms. The van der Waals surface area contributed by atoms with E-state index in [4.69, 9.17) is 0 Å². The normalized spacial score (nSPS) is 13.8. The highest BCUT2D eigenvalue weighted by molar-refractivity contribution is 5.99. The second-order valence-electron chi connectivity index (χ2n) is 5.88. The van der Waals surface area contributed by atoms with Gasteiger partial charge in [-0.2, -0.15) is 0 Å². The maximum atomic E-state index is 11.9. The first kappa shape index (κ1) is 13.9. The quantitative estimate of drug-likeness (QED) is 0.816. The van der Waals surface area contributed by atoms with E-state index in [-0.39, 0.29) is 17.1 Å². The average molecular weight is 234 g/mol. The minimum atomic E-state index is -0.907. The van der Waals surface area contributed by atoms with Crippen LogP contribution >= 0.6 is 0 Å². The molecule has 1 N–H and O–H groups in total. The van der Waals surface area contributed by atoms with Gasteiger partial charge >= 0.3 is 0 Å². The third-order valence-corrected chi connectivity index (χ3v) is 2.94. The molecular weight excluding hydrogens is 212 g/mol. The molecule has 0 aromatic heterocycles. The summed E-state index contributed by atoms with van der Waals surface area (Å²) in [5, 5.41) is 9.73. The third-order valence-electron chi connectivity index (χ3n) is 2.94. The molecule has 1 aromatic carbocycles. The third kappa shape index (κ3) is 3.40. The van der Waals surface area contributed by atoms with Crippen LogP contribution in [0.15, 0.2) is 24.3 Å². The lowest BCUT2D eigenvalue weighted by atomic mass is 9.86. The second kappa shape index (κ2) is 5.01. The summed E-state index contributed by atoms with van der Waals surface area (Å²) >= 11 is 0. The number of rotatable bonds is 3. The molecule has 1 aromatic rings. The Morgan fingerprint density at radius 2 is 1.59 bits per heavy atom. The van der Waals surface area contributed by atoms with E-state index < -0.39 is 6.10 Å². The van der Waals surface area contributed by atoms with E-state index >= 15 is 0 Å². The van der Waals surface area contributed by atoms with Crippen molar-refractivity contribution in [1.29, 1.82) is 0 Å². The monoisotopic (exact) mass is 234 g/mol. The van der Waals surface area contributed by atoms with Crippen LogP contribution in [-0.2, 0) is 5.41 Å². The number of hydrogen-bond donors (Lipinski definition) is 1. The van der Waals surface area contributed by atoms with Crippen LogP contribution in [0.1, 0.15) is 50.5 Å². The zero-order valence-electron chi connectivity index (χ0n) is 11.3. The predicted molar refractivity (Wildman–Crippen MR) is 70.3 cm³/mol. The van der Waals surface area contributed by atoms with Gasteiger partial charge in [0.25, 0.3) is 0 Å². The number of ketones is 1. The van der Waals surface area contributed by atoms with Gasteiger partial charge in [0.1, 0.15) is 6.10 Å². The Morgan fingerprint density at radius 1 is 1.12 bits per heavy atom. The maximum Gasteiger partial charge on any atom is 0.191 e. The van der Waals surface area contributed by atoms with Crippen LogP contribution in [0.4, 0.5) is 0 Å². The Hall–Kier alpha value is -1.15. The predicted octanol–water partition coefficient (Wildman–Crippen LogP) is 3.18. The van der Waals surface area contributed by atoms with E-state index in [2.05, 4.69) is 20.8 Å². The molecule has 94 valence electrons. The summed E-state index contributed by atoms with van der Waals surface area (Å²) in [4.78, 5) is 11.9. The molecule has 0 radical (unpaired) electrons. The lowest BCUT2D eigenvalue weighted by molar-refractivity contribution is 0.0648. The fourth-order valence-corrected chi connectivity index (χ4v) is 1.61. The Labute approximate surface area is 104 Å². The summed E-state index contributed by atoms with van der Waals surface area (Å²) in [6.07, 6.45) is -0.907. The summed E-state index contributed by atoms with van der Waals surface area (Å²) in [6, 6.07) is 7.52. The Kier molecular flexibility index (Phi) is 4.10. The van der Waals surface area contributed by atoms with Crippen molar-refractivity contribution >= 4 is 5.78 Å². The molecule has 2 nitrogen and oxygen atoms in total. The molecule has 0 fully saturated rings. The molecule has 0 heterocycles. The zero-order chi connectivity index (χ0) is 13.2. The molecule has 2 heteroatoms. The van der Waals surface area contributed by atoms with Crippen molar-refractivity contribution in [2.75, 3.05) is 0 Å². The fraction of sp³-hybridized carbons (Fsp3) is 0.533. The van der Waals surface area contributed by atoms with Crippen molar-refractivity contribution in [3.8, 4) is 0 Å². The molecule has 1 rings (SSSR count). The van der Waals surface area contributed by atoms with Crippen molar-refractivity contribution in [3.63, 3.8) is 0 Å². The lowest BCUT2D eigenvalue weighted by Gasteiger charge is -2.19. The van der Waals surface area contributed by atoms with E-state index in [1.54, 1.807) is 12.1 Å². The number of Topliss-reactive ketones (excluding diaryl/α,β-unsaturated/α-hetero) is 1. The first-order valence-corrected chi connectivity index (χ1v) is 6.06. The summed E-state index contributed by atoms with van der Waals surface area (Å²) in [5.74, 6) is -0.245. The van der Waals surface area contributed by atoms with Crippen molar-refractivity contribution in [1.82, 2.24) is 0 Å². The SMILES string of the molecule is CC(C)C(O)C(=O)c1ccc(C(C)(C)C)cc1. The van der Waals surface area contributed by atoms with Gasteiger partial charge in [0.15, 0.2) is 5.78 Å². The van der Waals surface area contributed by atoms with Gasteiger partial charge in [0, 0.05) is 5.56 Å². The minimum Gasteiger partial charge on any atom is -0.385 e. The molecule has 1 unspecified atom stereocenters. The number of benzene rings is 1. The van der Waals surface area contributed by atoms with Crippen LogP contribution < -0.4 is 0 Å². The Balaban J connectivity index is 2.92. The highest BCUT2D eigenvalue weighted by Gasteiger charge is 2.21. The molecule has 0 aliphatic rings. The average Bonchev–Trinajstić information content (AvgIpc) is 2.26. The van der Waals surface area contributed by atoms with Crippen LogP contribution in [0.2, 0.25) is 0 Å². The smallest absolute Gasteiger partial charge is 0.191 e. The van der Waals surface area contributed by atoms with Gasteiger partial charge < -0.3 is 5.11 Å². The molecule has 0 amide bonds. The van der Waals surface area contributed by atoms with Gasteiger partial charge in [-0.1, -0.05) is 58.9 Å². The summed E-state index contributed by atoms with van der Waals surface area (Å²) in [6.45, 7) is 10.1. The molecule has 17 heavy (non-hydrogen) atoms. The molecular formula is C15H22O2. The summed E-state index contributed by atoms with van der Waals surface area (Å²) in [7, 11) is 0. The first-order valence-electron chi connectivity index (χ1n) is 6.06. The van der Waals surface area contributed by atoms with Crippen molar-refractivity contribution in [2.24, 2.45) is 5.92 Å². The van der Waals surface area contributed by atoms with Gasteiger partial charge in [-0.3, -0.25) is 4.79 Å². The Bertz CT molecular complexity index is 382. The highest BCUT2D eigenvalue weighted by atomic mass is 16.3. The number of aliphatic hydroxyl groups is 1. The van der Waals surface area contributed by atoms with Gasteiger partial charge in [-0.25, -0.2) is 0 Å². The van der Waals surface area contributed by atoms with E-state index in [0.717, 1.165) is 0 Å². The topological polar surface area (TPSA) is 37.3 Å². The van der Waals surface area contributed by atoms with E-state index in [1.165, 1.54) is 5.56 Å². The van der Waals surface area contributed by atoms with E-state index in [9.17, 15) is 9.90 Å². The molecule has 0 saturated carbocycles. The lowest BCUT2D eigenvalue weighted by Crippen LogP contribution is -2.26. The molecule has 1 atom stereocenters. The summed E-state index contributed by atoms with van der Waals surface area (Å²) in [5.41, 5.74) is 1.85. The van der Waals surface area contributed by atoms with Crippen LogP contribution in [0.5, 0.6) is 0 Å². The zero-order valence-corrected chi connectivity index (χ0v) is 11.3. The number of carbonyl (C=O) groups is 1. The van der Waals surface area contributed by atoms with Gasteiger partial charge in [0.2, 0.25) is 0 Å². The standard InChI is InChI=1S/C15H22O2/c1-10(2)13(16)14(17)11-6-8-12(9-7-11)15(3,4)5/h6-10,13,16H,1-5H3.